The maximum absolute atomic E-state index is 5.93. The van der Waals surface area contributed by atoms with Crippen LogP contribution in [0.1, 0.15) is 18.7 Å². The summed E-state index contributed by atoms with van der Waals surface area (Å²) in [5.41, 5.74) is -0.267. The fourth-order valence-electron chi connectivity index (χ4n) is 1.64. The summed E-state index contributed by atoms with van der Waals surface area (Å²) in [6.45, 7) is 7.76. The van der Waals surface area contributed by atoms with Crippen molar-refractivity contribution in [2.45, 2.75) is 23.7 Å². The third-order valence-corrected chi connectivity index (χ3v) is 5.34. The molecule has 0 spiro atoms. The molecule has 0 N–H and O–H groups in total. The number of hydrogen-bond acceptors (Lipinski definition) is 6. The SMILES string of the molecule is COCCOCCOCCOC(C)(C)c1ccc(SC)s1. The van der Waals surface area contributed by atoms with Gasteiger partial charge in [-0.25, -0.2) is 0 Å². The third kappa shape index (κ3) is 7.63. The number of ether oxygens (including phenoxy) is 4. The molecular formula is C15H26O4S2. The first-order chi connectivity index (χ1) is 10.1. The van der Waals surface area contributed by atoms with E-state index in [1.807, 2.05) is 0 Å². The zero-order chi connectivity index (χ0) is 15.6. The topological polar surface area (TPSA) is 36.9 Å². The van der Waals surface area contributed by atoms with Gasteiger partial charge in [0, 0.05) is 12.0 Å². The van der Waals surface area contributed by atoms with E-state index in [0.29, 0.717) is 39.6 Å². The van der Waals surface area contributed by atoms with Crippen LogP contribution >= 0.6 is 23.1 Å². The lowest BCUT2D eigenvalue weighted by molar-refractivity contribution is -0.0549. The third-order valence-electron chi connectivity index (χ3n) is 2.87. The maximum atomic E-state index is 5.93. The fraction of sp³-hybridized carbons (Fsp3) is 0.733. The highest BCUT2D eigenvalue weighted by Gasteiger charge is 2.23. The largest absolute Gasteiger partial charge is 0.382 e. The Morgan fingerprint density at radius 2 is 1.62 bits per heavy atom. The number of hydrogen-bond donors (Lipinski definition) is 0. The molecule has 0 saturated heterocycles. The highest BCUT2D eigenvalue weighted by molar-refractivity contribution is 8.00. The predicted molar refractivity (Wildman–Crippen MR) is 88.6 cm³/mol. The Labute approximate surface area is 136 Å². The minimum Gasteiger partial charge on any atom is -0.382 e. The summed E-state index contributed by atoms with van der Waals surface area (Å²) in [7, 11) is 1.66. The van der Waals surface area contributed by atoms with Crippen LogP contribution in [0.4, 0.5) is 0 Å². The minimum atomic E-state index is -0.267. The Kier molecular flexibility index (Phi) is 9.55. The van der Waals surface area contributed by atoms with E-state index >= 15 is 0 Å². The van der Waals surface area contributed by atoms with Gasteiger partial charge in [0.05, 0.1) is 49.5 Å². The quantitative estimate of drug-likeness (QED) is 0.432. The zero-order valence-corrected chi connectivity index (χ0v) is 15.0. The molecule has 1 aromatic heterocycles. The van der Waals surface area contributed by atoms with Gasteiger partial charge in [-0.3, -0.25) is 0 Å². The molecular weight excluding hydrogens is 308 g/mol. The van der Waals surface area contributed by atoms with Gasteiger partial charge in [0.2, 0.25) is 0 Å². The lowest BCUT2D eigenvalue weighted by Crippen LogP contribution is -2.23. The van der Waals surface area contributed by atoms with Crippen LogP contribution in [0.5, 0.6) is 0 Å². The van der Waals surface area contributed by atoms with Crippen LogP contribution in [0, 0.1) is 0 Å². The average molecular weight is 335 g/mol. The van der Waals surface area contributed by atoms with Crippen LogP contribution in [0.15, 0.2) is 16.3 Å². The summed E-state index contributed by atoms with van der Waals surface area (Å²) in [5.74, 6) is 0. The van der Waals surface area contributed by atoms with Crippen molar-refractivity contribution >= 4 is 23.1 Å². The Balaban J connectivity index is 2.11. The predicted octanol–water partition coefficient (Wildman–Crippen LogP) is 3.40. The van der Waals surface area contributed by atoms with Gasteiger partial charge in [0.25, 0.3) is 0 Å². The molecule has 1 aromatic rings. The van der Waals surface area contributed by atoms with E-state index in [-0.39, 0.29) is 5.60 Å². The second-order valence-electron chi connectivity index (χ2n) is 4.90. The van der Waals surface area contributed by atoms with Crippen molar-refractivity contribution < 1.29 is 18.9 Å². The van der Waals surface area contributed by atoms with Crippen molar-refractivity contribution in [1.82, 2.24) is 0 Å². The fourth-order valence-corrected chi connectivity index (χ4v) is 3.24. The summed E-state index contributed by atoms with van der Waals surface area (Å²) >= 11 is 3.55. The Hall–Kier alpha value is -0.110. The molecule has 0 aliphatic rings. The van der Waals surface area contributed by atoms with Crippen LogP contribution in [0.25, 0.3) is 0 Å². The van der Waals surface area contributed by atoms with E-state index in [0.717, 1.165) is 0 Å². The van der Waals surface area contributed by atoms with Crippen LogP contribution in [0.2, 0.25) is 0 Å². The smallest absolute Gasteiger partial charge is 0.0968 e. The van der Waals surface area contributed by atoms with Crippen molar-refractivity contribution in [3.8, 4) is 0 Å². The van der Waals surface area contributed by atoms with Gasteiger partial charge in [-0.2, -0.15) is 0 Å². The summed E-state index contributed by atoms with van der Waals surface area (Å²) in [5, 5.41) is 0. The van der Waals surface area contributed by atoms with E-state index < -0.39 is 0 Å². The molecule has 0 aliphatic carbocycles. The molecule has 4 nitrogen and oxygen atoms in total. The minimum absolute atomic E-state index is 0.267. The van der Waals surface area contributed by atoms with Crippen molar-refractivity contribution in [1.29, 1.82) is 0 Å². The summed E-state index contributed by atoms with van der Waals surface area (Å²) < 4.78 is 22.9. The molecule has 0 aromatic carbocycles. The molecule has 1 rings (SSSR count). The van der Waals surface area contributed by atoms with Crippen LogP contribution < -0.4 is 0 Å². The molecule has 21 heavy (non-hydrogen) atoms. The molecule has 6 heteroatoms. The zero-order valence-electron chi connectivity index (χ0n) is 13.3. The number of methoxy groups -OCH3 is 1. The molecule has 0 aliphatic heterocycles. The van der Waals surface area contributed by atoms with Crippen LogP contribution in [0.3, 0.4) is 0 Å². The highest BCUT2D eigenvalue weighted by atomic mass is 32.2. The highest BCUT2D eigenvalue weighted by Crippen LogP contribution is 2.34. The van der Waals surface area contributed by atoms with Crippen molar-refractivity contribution in [3.63, 3.8) is 0 Å². The molecule has 0 bridgehead atoms. The summed E-state index contributed by atoms with van der Waals surface area (Å²) in [6, 6.07) is 4.28. The molecule has 0 radical (unpaired) electrons. The molecule has 0 amide bonds. The average Bonchev–Trinajstić information content (AvgIpc) is 2.95. The Bertz CT molecular complexity index is 380. The van der Waals surface area contributed by atoms with Crippen molar-refractivity contribution in [2.75, 3.05) is 53.0 Å². The van der Waals surface area contributed by atoms with Crippen molar-refractivity contribution in [2.24, 2.45) is 0 Å². The van der Waals surface area contributed by atoms with Gasteiger partial charge < -0.3 is 18.9 Å². The van der Waals surface area contributed by atoms with Gasteiger partial charge in [-0.1, -0.05) is 0 Å². The Morgan fingerprint density at radius 3 is 2.19 bits per heavy atom. The molecule has 0 saturated carbocycles. The maximum Gasteiger partial charge on any atom is 0.0968 e. The lowest BCUT2D eigenvalue weighted by Gasteiger charge is -2.24. The molecule has 0 atom stereocenters. The van der Waals surface area contributed by atoms with Gasteiger partial charge in [-0.15, -0.1) is 23.1 Å². The van der Waals surface area contributed by atoms with Gasteiger partial charge in [0.15, 0.2) is 0 Å². The lowest BCUT2D eigenvalue weighted by atomic mass is 10.1. The second kappa shape index (κ2) is 10.6. The van der Waals surface area contributed by atoms with E-state index in [1.165, 1.54) is 9.09 Å². The van der Waals surface area contributed by atoms with Crippen LogP contribution in [-0.4, -0.2) is 53.0 Å². The first kappa shape index (κ1) is 18.9. The van der Waals surface area contributed by atoms with E-state index in [1.54, 1.807) is 30.2 Å². The molecule has 0 unspecified atom stereocenters. The first-order valence-electron chi connectivity index (χ1n) is 7.03. The summed E-state index contributed by atoms with van der Waals surface area (Å²) in [4.78, 5) is 1.25. The summed E-state index contributed by atoms with van der Waals surface area (Å²) in [6.07, 6.45) is 2.09. The van der Waals surface area contributed by atoms with E-state index in [9.17, 15) is 0 Å². The van der Waals surface area contributed by atoms with Gasteiger partial charge in [-0.05, 0) is 32.2 Å². The van der Waals surface area contributed by atoms with Crippen LogP contribution in [-0.2, 0) is 24.5 Å². The molecule has 1 heterocycles. The van der Waals surface area contributed by atoms with Gasteiger partial charge in [0.1, 0.15) is 0 Å². The van der Waals surface area contributed by atoms with E-state index in [2.05, 4.69) is 32.2 Å². The molecule has 0 fully saturated rings. The van der Waals surface area contributed by atoms with Crippen molar-refractivity contribution in [3.05, 3.63) is 17.0 Å². The normalized spacial score (nSPS) is 12.0. The van der Waals surface area contributed by atoms with Gasteiger partial charge >= 0.3 is 0 Å². The standard InChI is InChI=1S/C15H26O4S2/c1-15(2,13-5-6-14(20-4)21-13)19-12-11-18-10-9-17-8-7-16-3/h5-6H,7-12H2,1-4H3. The number of thiophene rings is 1. The Morgan fingerprint density at radius 1 is 1.00 bits per heavy atom. The monoisotopic (exact) mass is 334 g/mol. The second-order valence-corrected chi connectivity index (χ2v) is 7.09. The number of rotatable bonds is 12. The number of thioether (sulfide) groups is 1. The molecule has 122 valence electrons. The first-order valence-corrected chi connectivity index (χ1v) is 9.07. The van der Waals surface area contributed by atoms with E-state index in [4.69, 9.17) is 18.9 Å².